The Hall–Kier alpha value is -3.69. The third kappa shape index (κ3) is 5.99. The van der Waals surface area contributed by atoms with Crippen molar-refractivity contribution < 1.29 is 19.1 Å². The van der Waals surface area contributed by atoms with Crippen molar-refractivity contribution in [3.8, 4) is 5.75 Å². The second-order valence-corrected chi connectivity index (χ2v) is 10.2. The van der Waals surface area contributed by atoms with Crippen molar-refractivity contribution in [1.82, 2.24) is 9.47 Å². The fourth-order valence-electron chi connectivity index (χ4n) is 4.45. The van der Waals surface area contributed by atoms with Gasteiger partial charge < -0.3 is 14.4 Å². The summed E-state index contributed by atoms with van der Waals surface area (Å²) in [7, 11) is 0. The van der Waals surface area contributed by atoms with Gasteiger partial charge in [-0.05, 0) is 57.5 Å². The number of rotatable bonds is 9. The van der Waals surface area contributed by atoms with Crippen LogP contribution in [0.2, 0.25) is 5.02 Å². The van der Waals surface area contributed by atoms with Crippen molar-refractivity contribution in [2.45, 2.75) is 33.7 Å². The summed E-state index contributed by atoms with van der Waals surface area (Å²) in [4.78, 5) is 46.3. The molecule has 0 bridgehead atoms. The van der Waals surface area contributed by atoms with Gasteiger partial charge in [0.05, 0.1) is 28.5 Å². The summed E-state index contributed by atoms with van der Waals surface area (Å²) in [6, 6.07) is 13.6. The number of carbonyl (C=O) groups is 2. The van der Waals surface area contributed by atoms with E-state index in [4.69, 9.17) is 26.1 Å². The van der Waals surface area contributed by atoms with E-state index in [1.165, 1.54) is 11.3 Å². The van der Waals surface area contributed by atoms with Crippen LogP contribution in [0, 0.1) is 0 Å². The fourth-order valence-corrected chi connectivity index (χ4v) is 5.61. The molecule has 39 heavy (non-hydrogen) atoms. The molecule has 0 saturated carbocycles. The molecule has 2 heterocycles. The Morgan fingerprint density at radius 2 is 1.79 bits per heavy atom. The number of nitrogens with zero attached hydrogens (tertiary/aromatic N) is 3. The minimum Gasteiger partial charge on any atom is -0.481 e. The number of likely N-dealkylation sites (N-methyl/N-ethyl adjacent to an activating group) is 1. The number of aromatic nitrogens is 1. The van der Waals surface area contributed by atoms with Gasteiger partial charge in [0, 0.05) is 23.7 Å². The standard InChI is InChI=1S/C29H30ClN3O5S/c1-5-32(6-2)28(36)25-18(4)31-29-33(26(25)19-12-14-21(30)15-13-19)27(35)23(39-29)16-20-10-8-9-11-22(20)38-17-24(34)37-7-3/h8-16,26H,5-7,17H2,1-4H3/b23-16+/t26-/m1/s1. The van der Waals surface area contributed by atoms with E-state index in [0.29, 0.717) is 50.0 Å². The highest BCUT2D eigenvalue weighted by Gasteiger charge is 2.34. The number of esters is 1. The van der Waals surface area contributed by atoms with Crippen molar-refractivity contribution in [1.29, 1.82) is 0 Å². The number of para-hydroxylation sites is 1. The van der Waals surface area contributed by atoms with Crippen molar-refractivity contribution >= 4 is 40.9 Å². The van der Waals surface area contributed by atoms with Gasteiger partial charge in [-0.3, -0.25) is 14.2 Å². The predicted octanol–water partition coefficient (Wildman–Crippen LogP) is 3.70. The molecule has 1 aliphatic rings. The zero-order valence-electron chi connectivity index (χ0n) is 22.3. The molecule has 204 valence electrons. The molecule has 1 amide bonds. The van der Waals surface area contributed by atoms with Crippen LogP contribution in [-0.4, -0.2) is 47.6 Å². The number of amides is 1. The molecular weight excluding hydrogens is 538 g/mol. The molecule has 0 radical (unpaired) electrons. The maximum Gasteiger partial charge on any atom is 0.344 e. The monoisotopic (exact) mass is 567 g/mol. The number of hydrogen-bond donors (Lipinski definition) is 0. The van der Waals surface area contributed by atoms with Crippen molar-refractivity contribution in [2.75, 3.05) is 26.3 Å². The zero-order valence-corrected chi connectivity index (χ0v) is 23.8. The fraction of sp³-hybridized carbons (Fsp3) is 0.310. The molecule has 1 aromatic heterocycles. The number of thiazole rings is 1. The number of hydrogen-bond acceptors (Lipinski definition) is 7. The van der Waals surface area contributed by atoms with Crippen LogP contribution in [0.5, 0.6) is 5.75 Å². The Labute approximate surface area is 235 Å². The third-order valence-corrected chi connectivity index (χ3v) is 7.58. The first-order valence-corrected chi connectivity index (χ1v) is 13.9. The lowest BCUT2D eigenvalue weighted by Crippen LogP contribution is -2.43. The molecule has 1 aliphatic heterocycles. The van der Waals surface area contributed by atoms with Gasteiger partial charge in [0.2, 0.25) is 0 Å². The first-order chi connectivity index (χ1) is 18.8. The van der Waals surface area contributed by atoms with Crippen LogP contribution in [0.25, 0.3) is 6.08 Å². The van der Waals surface area contributed by atoms with E-state index in [0.717, 1.165) is 5.56 Å². The molecule has 0 fully saturated rings. The van der Waals surface area contributed by atoms with Crippen LogP contribution in [0.1, 0.15) is 44.9 Å². The smallest absolute Gasteiger partial charge is 0.344 e. The van der Waals surface area contributed by atoms with Crippen LogP contribution in [0.15, 0.2) is 69.6 Å². The maximum absolute atomic E-state index is 13.9. The van der Waals surface area contributed by atoms with Crippen LogP contribution in [-0.2, 0) is 14.3 Å². The summed E-state index contributed by atoms with van der Waals surface area (Å²) in [5.74, 6) is -0.192. The third-order valence-electron chi connectivity index (χ3n) is 6.34. The Morgan fingerprint density at radius 1 is 1.10 bits per heavy atom. The average molecular weight is 568 g/mol. The van der Waals surface area contributed by atoms with E-state index in [-0.39, 0.29) is 24.7 Å². The number of fused-ring (bicyclic) bond motifs is 1. The molecule has 0 spiro atoms. The average Bonchev–Trinajstić information content (AvgIpc) is 3.22. The topological polar surface area (TPSA) is 90.2 Å². The number of ether oxygens (including phenoxy) is 2. The Bertz CT molecular complexity index is 1590. The van der Waals surface area contributed by atoms with E-state index >= 15 is 0 Å². The number of halogens is 1. The molecule has 1 atom stereocenters. The van der Waals surface area contributed by atoms with Gasteiger partial charge in [-0.25, -0.2) is 9.79 Å². The number of benzene rings is 2. The molecule has 8 nitrogen and oxygen atoms in total. The van der Waals surface area contributed by atoms with E-state index in [2.05, 4.69) is 0 Å². The summed E-state index contributed by atoms with van der Waals surface area (Å²) < 4.78 is 12.6. The maximum atomic E-state index is 13.9. The normalized spacial score (nSPS) is 15.0. The van der Waals surface area contributed by atoms with Crippen molar-refractivity contribution in [2.24, 2.45) is 4.99 Å². The first kappa shape index (κ1) is 28.3. The zero-order chi connectivity index (χ0) is 28.1. The molecule has 10 heteroatoms. The van der Waals surface area contributed by atoms with Gasteiger partial charge in [-0.1, -0.05) is 53.3 Å². The van der Waals surface area contributed by atoms with Crippen LogP contribution in [0.3, 0.4) is 0 Å². The summed E-state index contributed by atoms with van der Waals surface area (Å²) >= 11 is 7.39. The van der Waals surface area contributed by atoms with E-state index in [1.54, 1.807) is 59.7 Å². The van der Waals surface area contributed by atoms with E-state index in [9.17, 15) is 14.4 Å². The minimum absolute atomic E-state index is 0.159. The van der Waals surface area contributed by atoms with Crippen LogP contribution >= 0.6 is 22.9 Å². The van der Waals surface area contributed by atoms with Crippen molar-refractivity contribution in [3.05, 3.63) is 95.6 Å². The SMILES string of the molecule is CCOC(=O)COc1ccccc1/C=c1/sc2n(c1=O)[C@H](c1ccc(Cl)cc1)C(C(=O)N(CC)CC)=C(C)N=2. The molecule has 0 aliphatic carbocycles. The summed E-state index contributed by atoms with van der Waals surface area (Å²) in [6.07, 6.45) is 1.72. The highest BCUT2D eigenvalue weighted by atomic mass is 35.5. The lowest BCUT2D eigenvalue weighted by molar-refractivity contribution is -0.145. The van der Waals surface area contributed by atoms with Gasteiger partial charge in [-0.2, -0.15) is 0 Å². The lowest BCUT2D eigenvalue weighted by atomic mass is 9.94. The first-order valence-electron chi connectivity index (χ1n) is 12.7. The van der Waals surface area contributed by atoms with Gasteiger partial charge in [0.1, 0.15) is 5.75 Å². The second kappa shape index (κ2) is 12.4. The van der Waals surface area contributed by atoms with Crippen LogP contribution in [0.4, 0.5) is 0 Å². The van der Waals surface area contributed by atoms with Gasteiger partial charge in [0.15, 0.2) is 11.4 Å². The summed E-state index contributed by atoms with van der Waals surface area (Å²) in [6.45, 7) is 8.46. The Balaban J connectivity index is 1.85. The molecular formula is C29H30ClN3O5S. The Kier molecular flexibility index (Phi) is 9.04. The molecule has 2 aromatic carbocycles. The van der Waals surface area contributed by atoms with E-state index in [1.807, 2.05) is 32.0 Å². The minimum atomic E-state index is -0.663. The molecule has 3 aromatic rings. The molecule has 0 N–H and O–H groups in total. The van der Waals surface area contributed by atoms with Crippen LogP contribution < -0.4 is 19.6 Å². The second-order valence-electron chi connectivity index (χ2n) is 8.74. The Morgan fingerprint density at radius 3 is 2.46 bits per heavy atom. The number of carbonyl (C=O) groups excluding carboxylic acids is 2. The van der Waals surface area contributed by atoms with Gasteiger partial charge in [-0.15, -0.1) is 0 Å². The summed E-state index contributed by atoms with van der Waals surface area (Å²) in [5.41, 5.74) is 2.13. The quantitative estimate of drug-likeness (QED) is 0.368. The van der Waals surface area contributed by atoms with Gasteiger partial charge >= 0.3 is 5.97 Å². The largest absolute Gasteiger partial charge is 0.481 e. The predicted molar refractivity (Wildman–Crippen MR) is 152 cm³/mol. The molecule has 4 rings (SSSR count). The van der Waals surface area contributed by atoms with E-state index < -0.39 is 12.0 Å². The highest BCUT2D eigenvalue weighted by molar-refractivity contribution is 7.07. The summed E-state index contributed by atoms with van der Waals surface area (Å²) in [5, 5.41) is 0.558. The number of allylic oxidation sites excluding steroid dienone is 1. The highest BCUT2D eigenvalue weighted by Crippen LogP contribution is 2.32. The van der Waals surface area contributed by atoms with Gasteiger partial charge in [0.25, 0.3) is 11.5 Å². The molecule has 0 saturated heterocycles. The lowest BCUT2D eigenvalue weighted by Gasteiger charge is -2.29. The van der Waals surface area contributed by atoms with Crippen molar-refractivity contribution in [3.63, 3.8) is 0 Å². The molecule has 0 unspecified atom stereocenters.